The van der Waals surface area contributed by atoms with Crippen molar-refractivity contribution in [2.24, 2.45) is 0 Å². The lowest BCUT2D eigenvalue weighted by Crippen LogP contribution is -2.48. The van der Waals surface area contributed by atoms with E-state index in [-0.39, 0.29) is 18.6 Å². The maximum atomic E-state index is 11.9. The molecule has 7 nitrogen and oxygen atoms in total. The van der Waals surface area contributed by atoms with Gasteiger partial charge in [-0.15, -0.1) is 0 Å². The molecular formula is C19H30N4O3. The van der Waals surface area contributed by atoms with Crippen LogP contribution in [-0.4, -0.2) is 82.1 Å². The fourth-order valence-electron chi connectivity index (χ4n) is 3.01. The fraction of sp³-hybridized carbons (Fsp3) is 0.579. The first kappa shape index (κ1) is 20.2. The molecule has 1 amide bonds. The lowest BCUT2D eigenvalue weighted by atomic mass is 10.0. The van der Waals surface area contributed by atoms with Gasteiger partial charge in [0.15, 0.2) is 6.61 Å². The van der Waals surface area contributed by atoms with Gasteiger partial charge in [-0.1, -0.05) is 12.1 Å². The number of esters is 1. The van der Waals surface area contributed by atoms with Crippen LogP contribution in [0.3, 0.4) is 0 Å². The number of piperazine rings is 1. The van der Waals surface area contributed by atoms with E-state index in [1.54, 1.807) is 0 Å². The Labute approximate surface area is 155 Å². The summed E-state index contributed by atoms with van der Waals surface area (Å²) < 4.78 is 4.77. The third-order valence-corrected chi connectivity index (χ3v) is 4.67. The standard InChI is InChI=1S/C19H30N4O3/c1-15(24)26-14-19(25)20-13-18(23-11-9-22(4)10-12-23)16-5-7-17(8-6-16)21(2)3/h5-8,18H,9-14H2,1-4H3,(H,20,25). The Bertz CT molecular complexity index is 595. The van der Waals surface area contributed by atoms with Gasteiger partial charge in [0.1, 0.15) is 0 Å². The number of hydrogen-bond acceptors (Lipinski definition) is 6. The number of nitrogens with one attached hydrogen (secondary N) is 1. The van der Waals surface area contributed by atoms with E-state index in [2.05, 4.69) is 51.3 Å². The second-order valence-electron chi connectivity index (χ2n) is 6.93. The van der Waals surface area contributed by atoms with Crippen LogP contribution < -0.4 is 10.2 Å². The van der Waals surface area contributed by atoms with Crippen molar-refractivity contribution >= 4 is 17.6 Å². The number of carbonyl (C=O) groups excluding carboxylic acids is 2. The molecule has 1 aromatic carbocycles. The van der Waals surface area contributed by atoms with Crippen LogP contribution in [0.4, 0.5) is 5.69 Å². The minimum absolute atomic E-state index is 0.0983. The summed E-state index contributed by atoms with van der Waals surface area (Å²) >= 11 is 0. The van der Waals surface area contributed by atoms with Crippen LogP contribution in [0.25, 0.3) is 0 Å². The van der Waals surface area contributed by atoms with Gasteiger partial charge in [-0.25, -0.2) is 0 Å². The van der Waals surface area contributed by atoms with Crippen LogP contribution in [-0.2, 0) is 14.3 Å². The Kier molecular flexibility index (Phi) is 7.41. The molecular weight excluding hydrogens is 332 g/mol. The van der Waals surface area contributed by atoms with E-state index in [9.17, 15) is 9.59 Å². The Balaban J connectivity index is 2.06. The highest BCUT2D eigenvalue weighted by Crippen LogP contribution is 2.24. The summed E-state index contributed by atoms with van der Waals surface area (Å²) in [6.07, 6.45) is 0. The summed E-state index contributed by atoms with van der Waals surface area (Å²) in [6.45, 7) is 5.48. The number of ether oxygens (including phenoxy) is 1. The second-order valence-corrected chi connectivity index (χ2v) is 6.93. The normalized spacial score (nSPS) is 16.8. The topological polar surface area (TPSA) is 65.1 Å². The van der Waals surface area contributed by atoms with Crippen LogP contribution in [0.5, 0.6) is 0 Å². The van der Waals surface area contributed by atoms with E-state index in [0.29, 0.717) is 6.54 Å². The van der Waals surface area contributed by atoms with Crippen LogP contribution >= 0.6 is 0 Å². The molecule has 1 unspecified atom stereocenters. The average Bonchev–Trinajstić information content (AvgIpc) is 2.62. The Morgan fingerprint density at radius 3 is 2.31 bits per heavy atom. The van der Waals surface area contributed by atoms with E-state index >= 15 is 0 Å². The zero-order chi connectivity index (χ0) is 19.1. The van der Waals surface area contributed by atoms with Crippen LogP contribution in [0.15, 0.2) is 24.3 Å². The molecule has 7 heteroatoms. The van der Waals surface area contributed by atoms with Crippen molar-refractivity contribution in [3.05, 3.63) is 29.8 Å². The van der Waals surface area contributed by atoms with Gasteiger partial charge < -0.3 is 19.9 Å². The molecule has 2 rings (SSSR count). The molecule has 1 fully saturated rings. The summed E-state index contributed by atoms with van der Waals surface area (Å²) in [4.78, 5) is 29.6. The first-order valence-electron chi connectivity index (χ1n) is 8.96. The lowest BCUT2D eigenvalue weighted by Gasteiger charge is -2.38. The minimum Gasteiger partial charge on any atom is -0.456 e. The third kappa shape index (κ3) is 6.00. The number of likely N-dealkylation sites (N-methyl/N-ethyl adjacent to an activating group) is 1. The van der Waals surface area contributed by atoms with Gasteiger partial charge in [-0.05, 0) is 24.7 Å². The van der Waals surface area contributed by atoms with Crippen molar-refractivity contribution in [2.75, 3.05) is 65.4 Å². The first-order valence-corrected chi connectivity index (χ1v) is 8.96. The molecule has 1 N–H and O–H groups in total. The van der Waals surface area contributed by atoms with Gasteiger partial charge in [0.2, 0.25) is 0 Å². The first-order chi connectivity index (χ1) is 12.4. The van der Waals surface area contributed by atoms with Crippen LogP contribution in [0.1, 0.15) is 18.5 Å². The van der Waals surface area contributed by atoms with E-state index < -0.39 is 5.97 Å². The highest BCUT2D eigenvalue weighted by atomic mass is 16.5. The molecule has 1 saturated heterocycles. The number of rotatable bonds is 7. The Morgan fingerprint density at radius 1 is 1.15 bits per heavy atom. The van der Waals surface area contributed by atoms with Gasteiger partial charge in [0, 0.05) is 59.4 Å². The summed E-state index contributed by atoms with van der Waals surface area (Å²) in [5.74, 6) is -0.723. The van der Waals surface area contributed by atoms with Crippen molar-refractivity contribution in [3.63, 3.8) is 0 Å². The van der Waals surface area contributed by atoms with E-state index in [4.69, 9.17) is 4.74 Å². The molecule has 0 bridgehead atoms. The lowest BCUT2D eigenvalue weighted by molar-refractivity contribution is -0.146. The van der Waals surface area contributed by atoms with E-state index in [1.807, 2.05) is 14.1 Å². The van der Waals surface area contributed by atoms with Crippen LogP contribution in [0.2, 0.25) is 0 Å². The molecule has 26 heavy (non-hydrogen) atoms. The summed E-state index contributed by atoms with van der Waals surface area (Å²) in [5.41, 5.74) is 2.32. The maximum Gasteiger partial charge on any atom is 0.303 e. The number of hydrogen-bond donors (Lipinski definition) is 1. The van der Waals surface area contributed by atoms with E-state index in [1.165, 1.54) is 12.5 Å². The smallest absolute Gasteiger partial charge is 0.303 e. The zero-order valence-corrected chi connectivity index (χ0v) is 16.2. The predicted molar refractivity (Wildman–Crippen MR) is 102 cm³/mol. The number of amides is 1. The molecule has 0 aliphatic carbocycles. The summed E-state index contributed by atoms with van der Waals surface area (Å²) in [5, 5.41) is 2.90. The molecule has 0 aromatic heterocycles. The van der Waals surface area contributed by atoms with Gasteiger partial charge >= 0.3 is 5.97 Å². The highest BCUT2D eigenvalue weighted by molar-refractivity contribution is 5.79. The largest absolute Gasteiger partial charge is 0.456 e. The molecule has 1 aliphatic heterocycles. The quantitative estimate of drug-likeness (QED) is 0.721. The average molecular weight is 362 g/mol. The minimum atomic E-state index is -0.449. The molecule has 1 aliphatic rings. The van der Waals surface area contributed by atoms with Gasteiger partial charge in [-0.3, -0.25) is 14.5 Å². The number of carbonyl (C=O) groups is 2. The van der Waals surface area contributed by atoms with Crippen molar-refractivity contribution in [1.82, 2.24) is 15.1 Å². The summed E-state index contributed by atoms with van der Waals surface area (Å²) in [7, 11) is 6.16. The Morgan fingerprint density at radius 2 is 1.77 bits per heavy atom. The highest BCUT2D eigenvalue weighted by Gasteiger charge is 2.24. The number of nitrogens with zero attached hydrogens (tertiary/aromatic N) is 3. The van der Waals surface area contributed by atoms with E-state index in [0.717, 1.165) is 31.9 Å². The molecule has 1 heterocycles. The van der Waals surface area contributed by atoms with Crippen molar-refractivity contribution in [3.8, 4) is 0 Å². The second kappa shape index (κ2) is 9.54. The predicted octanol–water partition coefficient (Wildman–Crippen LogP) is 0.720. The molecule has 1 atom stereocenters. The molecule has 0 radical (unpaired) electrons. The van der Waals surface area contributed by atoms with Crippen molar-refractivity contribution in [2.45, 2.75) is 13.0 Å². The zero-order valence-electron chi connectivity index (χ0n) is 16.2. The monoisotopic (exact) mass is 362 g/mol. The molecule has 1 aromatic rings. The van der Waals surface area contributed by atoms with Crippen LogP contribution in [0, 0.1) is 0 Å². The maximum absolute atomic E-state index is 11.9. The molecule has 0 spiro atoms. The third-order valence-electron chi connectivity index (χ3n) is 4.67. The SMILES string of the molecule is CC(=O)OCC(=O)NCC(c1ccc(N(C)C)cc1)N1CCN(C)CC1. The van der Waals surface area contributed by atoms with Crippen molar-refractivity contribution in [1.29, 1.82) is 0 Å². The Hall–Kier alpha value is -2.12. The van der Waals surface area contributed by atoms with Gasteiger partial charge in [-0.2, -0.15) is 0 Å². The fourth-order valence-corrected chi connectivity index (χ4v) is 3.01. The molecule has 144 valence electrons. The summed E-state index contributed by atoms with van der Waals surface area (Å²) in [6, 6.07) is 8.53. The number of benzene rings is 1. The molecule has 0 saturated carbocycles. The number of anilines is 1. The van der Waals surface area contributed by atoms with Crippen molar-refractivity contribution < 1.29 is 14.3 Å². The van der Waals surface area contributed by atoms with Gasteiger partial charge in [0.05, 0.1) is 6.04 Å². The van der Waals surface area contributed by atoms with Gasteiger partial charge in [0.25, 0.3) is 5.91 Å².